The van der Waals surface area contributed by atoms with Crippen LogP contribution in [0.4, 0.5) is 0 Å². The molecule has 1 aromatic rings. The maximum Gasteiger partial charge on any atom is 0.329 e. The zero-order chi connectivity index (χ0) is 18.5. The third kappa shape index (κ3) is 10.2. The molecule has 25 heavy (non-hydrogen) atoms. The van der Waals surface area contributed by atoms with E-state index in [4.69, 9.17) is 25.1 Å². The van der Waals surface area contributed by atoms with E-state index in [1.165, 1.54) is 0 Å². The van der Waals surface area contributed by atoms with Crippen molar-refractivity contribution in [2.24, 2.45) is 5.73 Å². The summed E-state index contributed by atoms with van der Waals surface area (Å²) in [7, 11) is 0. The maximum atomic E-state index is 12.0. The van der Waals surface area contributed by atoms with Crippen LogP contribution in [0.5, 0.6) is 5.75 Å². The predicted molar refractivity (Wildman–Crippen MR) is 98.7 cm³/mol. The Morgan fingerprint density at radius 3 is 2.80 bits per heavy atom. The van der Waals surface area contributed by atoms with Crippen LogP contribution in [0.2, 0.25) is 0 Å². The first-order chi connectivity index (χ1) is 12.0. The highest BCUT2D eigenvalue weighted by Gasteiger charge is 2.08. The molecule has 0 saturated carbocycles. The predicted octanol–water partition coefficient (Wildman–Crippen LogP) is 0.137. The largest absolute Gasteiger partial charge is 0.489 e. The molecule has 0 bridgehead atoms. The Labute approximate surface area is 159 Å². The average molecular weight is 467 g/mol. The van der Waals surface area contributed by atoms with Crippen LogP contribution >= 0.6 is 22.9 Å². The van der Waals surface area contributed by atoms with Crippen LogP contribution in [0.15, 0.2) is 24.3 Å². The molecular formula is C15H22IN3O6. The van der Waals surface area contributed by atoms with E-state index < -0.39 is 12.2 Å². The highest BCUT2D eigenvalue weighted by atomic mass is 127. The maximum absolute atomic E-state index is 12.0. The molecule has 10 heteroatoms. The number of carbonyl (C=O) groups excluding carboxylic acids is 1. The lowest BCUT2D eigenvalue weighted by atomic mass is 10.2. The van der Waals surface area contributed by atoms with Crippen molar-refractivity contribution < 1.29 is 28.9 Å². The number of ether oxygens (including phenoxy) is 3. The number of nitrogens with one attached hydrogen (secondary N) is 2. The Morgan fingerprint density at radius 2 is 2.08 bits per heavy atom. The van der Waals surface area contributed by atoms with Crippen molar-refractivity contribution in [2.45, 2.75) is 6.23 Å². The van der Waals surface area contributed by atoms with Crippen LogP contribution in [-0.2, 0) is 14.3 Å². The summed E-state index contributed by atoms with van der Waals surface area (Å²) in [4.78, 5) is 22.2. The molecule has 1 atom stereocenters. The van der Waals surface area contributed by atoms with Crippen LogP contribution in [0, 0.1) is 0 Å². The lowest BCUT2D eigenvalue weighted by Gasteiger charge is -2.14. The fourth-order valence-electron chi connectivity index (χ4n) is 1.70. The zero-order valence-corrected chi connectivity index (χ0v) is 15.7. The van der Waals surface area contributed by atoms with Gasteiger partial charge in [-0.05, 0) is 18.2 Å². The minimum Gasteiger partial charge on any atom is -0.489 e. The first kappa shape index (κ1) is 21.6. The number of aliphatic carboxylic acids is 1. The fourth-order valence-corrected chi connectivity index (χ4v) is 1.97. The number of halogens is 1. The van der Waals surface area contributed by atoms with Gasteiger partial charge in [-0.25, -0.2) is 4.79 Å². The summed E-state index contributed by atoms with van der Waals surface area (Å²) in [5.74, 6) is -0.726. The van der Waals surface area contributed by atoms with Crippen LogP contribution in [0.1, 0.15) is 10.4 Å². The summed E-state index contributed by atoms with van der Waals surface area (Å²) in [5.41, 5.74) is 6.22. The number of benzene rings is 1. The molecule has 1 amide bonds. The first-order valence-corrected chi connectivity index (χ1v) is 8.62. The SMILES string of the molecule is NC(COc1cccc(C(=O)NCCNI)c1)OCCOCC(=O)O. The first-order valence-electron chi connectivity index (χ1n) is 7.54. The second-order valence-corrected chi connectivity index (χ2v) is 5.60. The molecule has 0 aliphatic rings. The molecular weight excluding hydrogens is 445 g/mol. The number of amides is 1. The normalized spacial score (nSPS) is 11.8. The summed E-state index contributed by atoms with van der Waals surface area (Å²) in [5, 5.41) is 11.2. The van der Waals surface area contributed by atoms with E-state index in [1.54, 1.807) is 24.3 Å². The molecule has 0 aliphatic heterocycles. The van der Waals surface area contributed by atoms with Crippen LogP contribution in [-0.4, -0.2) is 62.7 Å². The summed E-state index contributed by atoms with van der Waals surface area (Å²) < 4.78 is 18.5. The van der Waals surface area contributed by atoms with Gasteiger partial charge in [-0.15, -0.1) is 0 Å². The lowest BCUT2D eigenvalue weighted by Crippen LogP contribution is -2.32. The van der Waals surface area contributed by atoms with Crippen molar-refractivity contribution in [3.05, 3.63) is 29.8 Å². The van der Waals surface area contributed by atoms with Gasteiger partial charge in [0.25, 0.3) is 5.91 Å². The summed E-state index contributed by atoms with van der Waals surface area (Å²) in [6.45, 7) is 1.19. The Bertz CT molecular complexity index is 546. The number of carbonyl (C=O) groups is 2. The van der Waals surface area contributed by atoms with Gasteiger partial charge in [-0.3, -0.25) is 8.32 Å². The van der Waals surface area contributed by atoms with Gasteiger partial charge in [0.2, 0.25) is 0 Å². The molecule has 0 aliphatic carbocycles. The molecule has 0 radical (unpaired) electrons. The number of rotatable bonds is 13. The molecule has 0 heterocycles. The van der Waals surface area contributed by atoms with Crippen molar-refractivity contribution in [1.82, 2.24) is 8.85 Å². The molecule has 1 aromatic carbocycles. The minimum absolute atomic E-state index is 0.0861. The van der Waals surface area contributed by atoms with Gasteiger partial charge >= 0.3 is 5.97 Å². The van der Waals surface area contributed by atoms with Crippen molar-refractivity contribution in [1.29, 1.82) is 0 Å². The fraction of sp³-hybridized carbons (Fsp3) is 0.467. The van der Waals surface area contributed by atoms with E-state index in [0.29, 0.717) is 24.4 Å². The molecule has 5 N–H and O–H groups in total. The van der Waals surface area contributed by atoms with E-state index in [2.05, 4.69) is 8.85 Å². The molecule has 1 unspecified atom stereocenters. The third-order valence-electron chi connectivity index (χ3n) is 2.80. The summed E-state index contributed by atoms with van der Waals surface area (Å²) >= 11 is 2.01. The molecule has 1 rings (SSSR count). The van der Waals surface area contributed by atoms with Crippen molar-refractivity contribution >= 4 is 34.7 Å². The summed E-state index contributed by atoms with van der Waals surface area (Å²) in [6.07, 6.45) is -0.694. The van der Waals surface area contributed by atoms with Gasteiger partial charge < -0.3 is 30.4 Å². The Hall–Kier alpha value is -1.47. The number of carboxylic acids is 1. The quantitative estimate of drug-likeness (QED) is 0.139. The van der Waals surface area contributed by atoms with Gasteiger partial charge in [0, 0.05) is 41.5 Å². The van der Waals surface area contributed by atoms with Crippen molar-refractivity contribution in [3.63, 3.8) is 0 Å². The van der Waals surface area contributed by atoms with E-state index >= 15 is 0 Å². The highest BCUT2D eigenvalue weighted by molar-refractivity contribution is 14.1. The monoisotopic (exact) mass is 467 g/mol. The number of carboxylic acid groups (broad SMARTS) is 1. The summed E-state index contributed by atoms with van der Waals surface area (Å²) in [6, 6.07) is 6.74. The zero-order valence-electron chi connectivity index (χ0n) is 13.6. The van der Waals surface area contributed by atoms with Gasteiger partial charge in [0.15, 0.2) is 0 Å². The van der Waals surface area contributed by atoms with Gasteiger partial charge in [-0.1, -0.05) is 6.07 Å². The van der Waals surface area contributed by atoms with Crippen molar-refractivity contribution in [2.75, 3.05) is 39.5 Å². The van der Waals surface area contributed by atoms with E-state index in [0.717, 1.165) is 0 Å². The molecule has 9 nitrogen and oxygen atoms in total. The number of hydrogen-bond acceptors (Lipinski definition) is 7. The van der Waals surface area contributed by atoms with Gasteiger partial charge in [0.05, 0.1) is 13.2 Å². The Balaban J connectivity index is 2.30. The Kier molecular flexibility index (Phi) is 11.1. The molecule has 0 fully saturated rings. The molecule has 0 spiro atoms. The third-order valence-corrected chi connectivity index (χ3v) is 3.34. The second-order valence-electron chi connectivity index (χ2n) is 4.83. The highest BCUT2D eigenvalue weighted by Crippen LogP contribution is 2.13. The van der Waals surface area contributed by atoms with E-state index in [1.807, 2.05) is 22.9 Å². The van der Waals surface area contributed by atoms with E-state index in [9.17, 15) is 9.59 Å². The van der Waals surface area contributed by atoms with Crippen LogP contribution in [0.25, 0.3) is 0 Å². The number of nitrogens with two attached hydrogens (primary N) is 1. The molecule has 0 aromatic heterocycles. The van der Waals surface area contributed by atoms with Crippen molar-refractivity contribution in [3.8, 4) is 5.75 Å². The second kappa shape index (κ2) is 12.8. The smallest absolute Gasteiger partial charge is 0.329 e. The van der Waals surface area contributed by atoms with Crippen LogP contribution in [0.3, 0.4) is 0 Å². The van der Waals surface area contributed by atoms with E-state index in [-0.39, 0.29) is 32.3 Å². The average Bonchev–Trinajstić information content (AvgIpc) is 2.59. The van der Waals surface area contributed by atoms with Gasteiger partial charge in [-0.2, -0.15) is 0 Å². The Morgan fingerprint density at radius 1 is 1.28 bits per heavy atom. The topological polar surface area (TPSA) is 132 Å². The molecule has 140 valence electrons. The minimum atomic E-state index is -1.04. The van der Waals surface area contributed by atoms with Gasteiger partial charge in [0.1, 0.15) is 25.2 Å². The lowest BCUT2D eigenvalue weighted by molar-refractivity contribution is -0.143. The van der Waals surface area contributed by atoms with Crippen LogP contribution < -0.4 is 19.3 Å². The number of hydrogen-bond donors (Lipinski definition) is 4. The molecule has 0 saturated heterocycles. The standard InChI is InChI=1S/C15H22IN3O6/c16-19-5-4-18-15(22)11-2-1-3-12(8-11)25-9-13(17)24-7-6-23-10-14(20)21/h1-3,8,13,19H,4-7,9-10,17H2,(H,18,22)(H,20,21).